The van der Waals surface area contributed by atoms with Crippen molar-refractivity contribution in [3.8, 4) is 0 Å². The van der Waals surface area contributed by atoms with Gasteiger partial charge in [-0.3, -0.25) is 0 Å². The SMILES string of the molecule is C/C(=C\c1ccccc1)CN(C)CC1CCOC1. The summed E-state index contributed by atoms with van der Waals surface area (Å²) >= 11 is 0. The predicted octanol–water partition coefficient (Wildman–Crippen LogP) is 3.06. The second-order valence-electron chi connectivity index (χ2n) is 5.33. The van der Waals surface area contributed by atoms with Crippen molar-refractivity contribution in [3.63, 3.8) is 0 Å². The summed E-state index contributed by atoms with van der Waals surface area (Å²) < 4.78 is 5.42. The third kappa shape index (κ3) is 4.28. The maximum atomic E-state index is 5.42. The van der Waals surface area contributed by atoms with Gasteiger partial charge in [-0.25, -0.2) is 0 Å². The summed E-state index contributed by atoms with van der Waals surface area (Å²) in [6, 6.07) is 10.5. The van der Waals surface area contributed by atoms with E-state index < -0.39 is 0 Å². The molecule has 2 rings (SSSR count). The average molecular weight is 245 g/mol. The summed E-state index contributed by atoms with van der Waals surface area (Å²) in [5, 5.41) is 0. The molecule has 18 heavy (non-hydrogen) atoms. The van der Waals surface area contributed by atoms with Gasteiger partial charge in [0.25, 0.3) is 0 Å². The van der Waals surface area contributed by atoms with Crippen molar-refractivity contribution in [2.45, 2.75) is 13.3 Å². The van der Waals surface area contributed by atoms with Gasteiger partial charge in [-0.15, -0.1) is 0 Å². The van der Waals surface area contributed by atoms with E-state index in [1.165, 1.54) is 17.6 Å². The molecule has 0 N–H and O–H groups in total. The van der Waals surface area contributed by atoms with Crippen LogP contribution in [0, 0.1) is 5.92 Å². The van der Waals surface area contributed by atoms with Crippen LogP contribution in [0.5, 0.6) is 0 Å². The Labute approximate surface area is 110 Å². The molecule has 1 heterocycles. The normalized spacial score (nSPS) is 20.6. The molecule has 1 aliphatic heterocycles. The lowest BCUT2D eigenvalue weighted by molar-refractivity contribution is 0.176. The number of nitrogens with zero attached hydrogens (tertiary/aromatic N) is 1. The van der Waals surface area contributed by atoms with Crippen LogP contribution in [-0.4, -0.2) is 38.3 Å². The first-order valence-corrected chi connectivity index (χ1v) is 6.72. The zero-order valence-corrected chi connectivity index (χ0v) is 11.4. The molecule has 0 radical (unpaired) electrons. The van der Waals surface area contributed by atoms with Gasteiger partial charge in [0.05, 0.1) is 6.61 Å². The molecule has 2 nitrogen and oxygen atoms in total. The van der Waals surface area contributed by atoms with E-state index in [9.17, 15) is 0 Å². The van der Waals surface area contributed by atoms with Gasteiger partial charge in [0.2, 0.25) is 0 Å². The molecule has 98 valence electrons. The van der Waals surface area contributed by atoms with Crippen molar-refractivity contribution in [1.82, 2.24) is 4.90 Å². The van der Waals surface area contributed by atoms with E-state index in [4.69, 9.17) is 4.74 Å². The Hall–Kier alpha value is -1.12. The van der Waals surface area contributed by atoms with Crippen LogP contribution in [0.4, 0.5) is 0 Å². The van der Waals surface area contributed by atoms with Gasteiger partial charge in [0, 0.05) is 19.7 Å². The van der Waals surface area contributed by atoms with Gasteiger partial charge >= 0.3 is 0 Å². The molecule has 1 atom stereocenters. The van der Waals surface area contributed by atoms with Gasteiger partial charge < -0.3 is 9.64 Å². The van der Waals surface area contributed by atoms with E-state index in [2.05, 4.69) is 55.3 Å². The minimum Gasteiger partial charge on any atom is -0.381 e. The van der Waals surface area contributed by atoms with E-state index in [1.807, 2.05) is 0 Å². The van der Waals surface area contributed by atoms with E-state index >= 15 is 0 Å². The summed E-state index contributed by atoms with van der Waals surface area (Å²) in [6.07, 6.45) is 3.48. The second-order valence-corrected chi connectivity index (χ2v) is 5.33. The summed E-state index contributed by atoms with van der Waals surface area (Å²) in [5.41, 5.74) is 2.69. The number of ether oxygens (including phenoxy) is 1. The number of benzene rings is 1. The minimum absolute atomic E-state index is 0.722. The zero-order chi connectivity index (χ0) is 12.8. The van der Waals surface area contributed by atoms with Crippen molar-refractivity contribution in [1.29, 1.82) is 0 Å². The molecule has 0 amide bonds. The highest BCUT2D eigenvalue weighted by molar-refractivity contribution is 5.52. The van der Waals surface area contributed by atoms with E-state index in [-0.39, 0.29) is 0 Å². The van der Waals surface area contributed by atoms with Gasteiger partial charge in [-0.1, -0.05) is 42.0 Å². The fourth-order valence-electron chi connectivity index (χ4n) is 2.54. The summed E-state index contributed by atoms with van der Waals surface area (Å²) in [7, 11) is 2.20. The molecule has 2 heteroatoms. The van der Waals surface area contributed by atoms with Gasteiger partial charge in [0.1, 0.15) is 0 Å². The first kappa shape index (κ1) is 13.3. The van der Waals surface area contributed by atoms with Crippen molar-refractivity contribution < 1.29 is 4.74 Å². The van der Waals surface area contributed by atoms with Crippen LogP contribution in [0.3, 0.4) is 0 Å². The smallest absolute Gasteiger partial charge is 0.0507 e. The Kier molecular flexibility index (Phi) is 4.97. The molecule has 1 fully saturated rings. The molecule has 1 aromatic carbocycles. The molecule has 1 saturated heterocycles. The minimum atomic E-state index is 0.722. The molecule has 0 aromatic heterocycles. The number of likely N-dealkylation sites (N-methyl/N-ethyl adjacent to an activating group) is 1. The molecule has 1 aliphatic rings. The third-order valence-electron chi connectivity index (χ3n) is 3.33. The lowest BCUT2D eigenvalue weighted by Crippen LogP contribution is -2.27. The van der Waals surface area contributed by atoms with Crippen molar-refractivity contribution in [2.75, 3.05) is 33.4 Å². The molecular formula is C16H23NO. The highest BCUT2D eigenvalue weighted by atomic mass is 16.5. The quantitative estimate of drug-likeness (QED) is 0.790. The molecule has 0 spiro atoms. The van der Waals surface area contributed by atoms with Gasteiger partial charge in [0.15, 0.2) is 0 Å². The maximum Gasteiger partial charge on any atom is 0.0507 e. The summed E-state index contributed by atoms with van der Waals surface area (Å²) in [5.74, 6) is 0.722. The van der Waals surface area contributed by atoms with Crippen LogP contribution in [0.2, 0.25) is 0 Å². The van der Waals surface area contributed by atoms with Gasteiger partial charge in [-0.05, 0) is 31.9 Å². The van der Waals surface area contributed by atoms with Crippen LogP contribution in [0.15, 0.2) is 35.9 Å². The largest absolute Gasteiger partial charge is 0.381 e. The molecule has 0 bridgehead atoms. The topological polar surface area (TPSA) is 12.5 Å². The molecule has 1 unspecified atom stereocenters. The van der Waals surface area contributed by atoms with E-state index in [0.717, 1.165) is 32.2 Å². The standard InChI is InChI=1S/C16H23NO/c1-14(10-15-6-4-3-5-7-15)11-17(2)12-16-8-9-18-13-16/h3-7,10,16H,8-9,11-13H2,1-2H3/b14-10+. The van der Waals surface area contributed by atoms with E-state index in [0.29, 0.717) is 0 Å². The molecule has 0 aliphatic carbocycles. The van der Waals surface area contributed by atoms with Crippen LogP contribution < -0.4 is 0 Å². The zero-order valence-electron chi connectivity index (χ0n) is 11.4. The number of hydrogen-bond donors (Lipinski definition) is 0. The number of rotatable bonds is 5. The van der Waals surface area contributed by atoms with Crippen LogP contribution >= 0.6 is 0 Å². The van der Waals surface area contributed by atoms with Crippen LogP contribution in [-0.2, 0) is 4.74 Å². The Bertz CT molecular complexity index is 379. The number of hydrogen-bond acceptors (Lipinski definition) is 2. The Balaban J connectivity index is 1.82. The Morgan fingerprint density at radius 1 is 1.39 bits per heavy atom. The summed E-state index contributed by atoms with van der Waals surface area (Å²) in [4.78, 5) is 2.40. The molecular weight excluding hydrogens is 222 g/mol. The monoisotopic (exact) mass is 245 g/mol. The van der Waals surface area contributed by atoms with Gasteiger partial charge in [-0.2, -0.15) is 0 Å². The fourth-order valence-corrected chi connectivity index (χ4v) is 2.54. The predicted molar refractivity (Wildman–Crippen MR) is 76.5 cm³/mol. The highest BCUT2D eigenvalue weighted by Gasteiger charge is 2.17. The van der Waals surface area contributed by atoms with Crippen LogP contribution in [0.25, 0.3) is 6.08 Å². The maximum absolute atomic E-state index is 5.42. The van der Waals surface area contributed by atoms with Crippen LogP contribution in [0.1, 0.15) is 18.9 Å². The average Bonchev–Trinajstić information content (AvgIpc) is 2.82. The summed E-state index contributed by atoms with van der Waals surface area (Å²) in [6.45, 7) is 6.25. The fraction of sp³-hybridized carbons (Fsp3) is 0.500. The first-order valence-electron chi connectivity index (χ1n) is 6.72. The Morgan fingerprint density at radius 2 is 2.17 bits per heavy atom. The van der Waals surface area contributed by atoms with Crippen molar-refractivity contribution >= 4 is 6.08 Å². The second kappa shape index (κ2) is 6.72. The Morgan fingerprint density at radius 3 is 2.83 bits per heavy atom. The lowest BCUT2D eigenvalue weighted by Gasteiger charge is -2.20. The molecule has 1 aromatic rings. The van der Waals surface area contributed by atoms with E-state index in [1.54, 1.807) is 0 Å². The highest BCUT2D eigenvalue weighted by Crippen LogP contribution is 2.14. The lowest BCUT2D eigenvalue weighted by atomic mass is 10.1. The van der Waals surface area contributed by atoms with Crippen molar-refractivity contribution in [2.24, 2.45) is 5.92 Å². The first-order chi connectivity index (χ1) is 8.74. The molecule has 0 saturated carbocycles. The van der Waals surface area contributed by atoms with Crippen molar-refractivity contribution in [3.05, 3.63) is 41.5 Å². The third-order valence-corrected chi connectivity index (χ3v) is 3.33.